The van der Waals surface area contributed by atoms with Gasteiger partial charge >= 0.3 is 6.18 Å². The van der Waals surface area contributed by atoms with Crippen LogP contribution < -0.4 is 21.1 Å². The molecule has 0 aliphatic heterocycles. The quantitative estimate of drug-likeness (QED) is 0.122. The largest absolute Gasteiger partial charge is 0.496 e. The number of nitrogens with zero attached hydrogens (tertiary/aromatic N) is 2. The highest BCUT2D eigenvalue weighted by atomic mass is 32.2. The molecule has 0 unspecified atom stereocenters. The zero-order chi connectivity index (χ0) is 36.6. The number of halogens is 4. The predicted molar refractivity (Wildman–Crippen MR) is 180 cm³/mol. The summed E-state index contributed by atoms with van der Waals surface area (Å²) in [6, 6.07) is 9.16. The van der Waals surface area contributed by atoms with Crippen LogP contribution in [0.1, 0.15) is 35.3 Å². The van der Waals surface area contributed by atoms with Gasteiger partial charge in [-0.1, -0.05) is 30.6 Å². The number of rotatable bonds is 8. The average molecular weight is 700 g/mol. The summed E-state index contributed by atoms with van der Waals surface area (Å²) < 4.78 is 82.4. The minimum absolute atomic E-state index is 0.0289. The van der Waals surface area contributed by atoms with Gasteiger partial charge in [0.25, 0.3) is 11.8 Å². The van der Waals surface area contributed by atoms with E-state index in [0.717, 1.165) is 6.26 Å². The lowest BCUT2D eigenvalue weighted by atomic mass is 9.94. The van der Waals surface area contributed by atoms with Gasteiger partial charge in [-0.15, -0.1) is 0 Å². The number of fused-ring (bicyclic) bond motifs is 1. The molecule has 4 rings (SSSR count). The molecule has 0 spiro atoms. The predicted octanol–water partition coefficient (Wildman–Crippen LogP) is 5.70. The second-order valence-electron chi connectivity index (χ2n) is 11.7. The third kappa shape index (κ3) is 7.54. The van der Waals surface area contributed by atoms with Crippen molar-refractivity contribution < 1.29 is 40.3 Å². The van der Waals surface area contributed by atoms with Crippen LogP contribution in [0.3, 0.4) is 0 Å². The number of carbonyl (C=O) groups is 2. The number of ether oxygens (including phenoxy) is 1. The number of nitrogen functional groups attached to an aromatic ring is 1. The smallest absolute Gasteiger partial charge is 0.405 e. The number of methoxy groups -OCH3 is 1. The molecule has 2 heterocycles. The maximum Gasteiger partial charge on any atom is 0.405 e. The van der Waals surface area contributed by atoms with Crippen molar-refractivity contribution in [3.63, 3.8) is 0 Å². The molecular formula is C34H33F4N5O5S. The minimum atomic E-state index is -4.63. The van der Waals surface area contributed by atoms with Crippen LogP contribution in [0.25, 0.3) is 33.3 Å². The number of hydrogen-bond donors (Lipinski definition) is 3. The first-order chi connectivity index (χ1) is 22.7. The number of amides is 2. The fourth-order valence-electron chi connectivity index (χ4n) is 5.02. The van der Waals surface area contributed by atoms with E-state index in [9.17, 15) is 35.6 Å². The van der Waals surface area contributed by atoms with E-state index >= 15 is 0 Å². The van der Waals surface area contributed by atoms with Crippen molar-refractivity contribution in [2.75, 3.05) is 31.0 Å². The highest BCUT2D eigenvalue weighted by Gasteiger charge is 2.30. The van der Waals surface area contributed by atoms with Crippen LogP contribution in [0.2, 0.25) is 0 Å². The number of anilines is 2. The Morgan fingerprint density at radius 3 is 2.39 bits per heavy atom. The van der Waals surface area contributed by atoms with Crippen LogP contribution in [0.15, 0.2) is 55.0 Å². The van der Waals surface area contributed by atoms with E-state index in [1.807, 2.05) is 5.32 Å². The number of nitrogens with two attached hydrogens (primary N) is 1. The van der Waals surface area contributed by atoms with Gasteiger partial charge in [-0.25, -0.2) is 17.8 Å². The molecule has 10 nitrogen and oxygen atoms in total. The summed E-state index contributed by atoms with van der Waals surface area (Å²) >= 11 is 0. The minimum Gasteiger partial charge on any atom is -0.496 e. The van der Waals surface area contributed by atoms with E-state index in [0.29, 0.717) is 44.4 Å². The maximum atomic E-state index is 13.4. The molecule has 0 aliphatic rings. The molecule has 0 aliphatic carbocycles. The van der Waals surface area contributed by atoms with Gasteiger partial charge in [0.05, 0.1) is 34.8 Å². The van der Waals surface area contributed by atoms with Gasteiger partial charge in [0.2, 0.25) is 0 Å². The summed E-state index contributed by atoms with van der Waals surface area (Å²) in [5, 5.41) is 4.66. The first kappa shape index (κ1) is 36.5. The van der Waals surface area contributed by atoms with Crippen molar-refractivity contribution in [3.05, 3.63) is 71.7 Å². The number of aryl methyl sites for hydroxylation is 2. The molecule has 0 saturated carbocycles. The van der Waals surface area contributed by atoms with E-state index in [1.54, 1.807) is 36.7 Å². The molecule has 0 atom stereocenters. The van der Waals surface area contributed by atoms with Gasteiger partial charge in [0.15, 0.2) is 15.7 Å². The number of carbonyl (C=O) groups excluding carboxylic acids is 2. The number of nitrogens with one attached hydrogen (secondary N) is 2. The molecule has 2 amide bonds. The molecule has 4 aromatic rings. The number of pyridine rings is 1. The summed E-state index contributed by atoms with van der Waals surface area (Å²) in [6.45, 7) is 6.16. The van der Waals surface area contributed by atoms with Gasteiger partial charge in [0, 0.05) is 36.3 Å². The second kappa shape index (κ2) is 13.3. The lowest BCUT2D eigenvalue weighted by Crippen LogP contribution is -2.33. The Kier molecular flexibility index (Phi) is 9.88. The first-order valence-electron chi connectivity index (χ1n) is 14.5. The van der Waals surface area contributed by atoms with Crippen LogP contribution in [0, 0.1) is 18.8 Å². The van der Waals surface area contributed by atoms with Crippen molar-refractivity contribution in [3.8, 4) is 40.0 Å². The van der Waals surface area contributed by atoms with Crippen LogP contribution >= 0.6 is 0 Å². The molecule has 4 N–H and O–H groups in total. The van der Waals surface area contributed by atoms with Crippen molar-refractivity contribution in [1.29, 1.82) is 0 Å². The Bertz CT molecular complexity index is 2200. The summed E-state index contributed by atoms with van der Waals surface area (Å²) in [5.74, 6) is 2.63. The zero-order valence-electron chi connectivity index (χ0n) is 27.4. The van der Waals surface area contributed by atoms with Gasteiger partial charge in [0.1, 0.15) is 22.9 Å². The highest BCUT2D eigenvalue weighted by Crippen LogP contribution is 2.45. The average Bonchev–Trinajstić information content (AvgIpc) is 3.31. The molecule has 258 valence electrons. The maximum absolute atomic E-state index is 13.4. The summed E-state index contributed by atoms with van der Waals surface area (Å²) in [7, 11) is -0.589. The van der Waals surface area contributed by atoms with Crippen molar-refractivity contribution in [2.24, 2.45) is 7.05 Å². The fraction of sp³-hybridized carbons (Fsp3) is 0.265. The topological polar surface area (TPSA) is 145 Å². The third-order valence-electron chi connectivity index (χ3n) is 7.83. The van der Waals surface area contributed by atoms with Gasteiger partial charge in [-0.05, 0) is 56.2 Å². The number of aromatic nitrogens is 2. The standard InChI is InChI=1S/C34H33F4N5O5S/c1-18-14-22(42-31(44)19(2)35)9-11-23(18)29-26(20-8-10-24(25(15-20)48-6)32(45)41-17-34(36,37)38)27-28(43(29)5)21(16-40-30(27)39)12-13-33(3,4)49(7,46)47/h8-11,14-16H,2,17H2,1,3-7H3,(H2,39,40)(H,41,45)(H,42,44). The summed E-state index contributed by atoms with van der Waals surface area (Å²) in [5.41, 5.74) is 10.1. The molecule has 0 fully saturated rings. The molecule has 0 bridgehead atoms. The van der Waals surface area contributed by atoms with Crippen LogP contribution in [-0.4, -0.2) is 60.6 Å². The second-order valence-corrected chi connectivity index (χ2v) is 14.3. The number of benzene rings is 2. The molecule has 2 aromatic heterocycles. The van der Waals surface area contributed by atoms with Gasteiger partial charge in [-0.3, -0.25) is 9.59 Å². The van der Waals surface area contributed by atoms with E-state index in [2.05, 4.69) is 28.7 Å². The van der Waals surface area contributed by atoms with Crippen molar-refractivity contribution in [2.45, 2.75) is 31.7 Å². The third-order valence-corrected chi connectivity index (χ3v) is 9.79. The lowest BCUT2D eigenvalue weighted by molar-refractivity contribution is -0.123. The van der Waals surface area contributed by atoms with E-state index in [-0.39, 0.29) is 22.8 Å². The Balaban J connectivity index is 2.05. The van der Waals surface area contributed by atoms with Crippen LogP contribution in [0.4, 0.5) is 29.1 Å². The number of hydrogen-bond acceptors (Lipinski definition) is 7. The Labute approximate surface area is 280 Å². The molecule has 15 heteroatoms. The molecular weight excluding hydrogens is 666 g/mol. The first-order valence-corrected chi connectivity index (χ1v) is 16.4. The van der Waals surface area contributed by atoms with Crippen molar-refractivity contribution in [1.82, 2.24) is 14.9 Å². The lowest BCUT2D eigenvalue weighted by Gasteiger charge is -2.15. The van der Waals surface area contributed by atoms with Gasteiger partial charge < -0.3 is 25.7 Å². The van der Waals surface area contributed by atoms with E-state index < -0.39 is 44.9 Å². The van der Waals surface area contributed by atoms with Gasteiger partial charge in [-0.2, -0.15) is 13.2 Å². The molecule has 2 aromatic carbocycles. The Hall–Kier alpha value is -5.36. The molecule has 0 saturated heterocycles. The normalized spacial score (nSPS) is 11.9. The number of alkyl halides is 3. The monoisotopic (exact) mass is 699 g/mol. The zero-order valence-corrected chi connectivity index (χ0v) is 28.2. The van der Waals surface area contributed by atoms with Crippen LogP contribution in [-0.2, 0) is 21.7 Å². The molecule has 0 radical (unpaired) electrons. The summed E-state index contributed by atoms with van der Waals surface area (Å²) in [4.78, 5) is 29.0. The van der Waals surface area contributed by atoms with Crippen LogP contribution in [0.5, 0.6) is 5.75 Å². The summed E-state index contributed by atoms with van der Waals surface area (Å²) in [6.07, 6.45) is -2.13. The Morgan fingerprint density at radius 2 is 1.82 bits per heavy atom. The Morgan fingerprint density at radius 1 is 1.14 bits per heavy atom. The highest BCUT2D eigenvalue weighted by molar-refractivity contribution is 7.92. The fourth-order valence-corrected chi connectivity index (χ4v) is 5.26. The SMILES string of the molecule is C=C(F)C(=O)Nc1ccc(-c2c(-c3ccc(C(=O)NCC(F)(F)F)c(OC)c3)c3c(N)ncc(C#CC(C)(C)S(C)(=O)=O)c3n2C)c(C)c1. The van der Waals surface area contributed by atoms with Crippen molar-refractivity contribution >= 4 is 44.1 Å². The van der Waals surface area contributed by atoms with E-state index in [4.69, 9.17) is 10.5 Å². The van der Waals surface area contributed by atoms with E-state index in [1.165, 1.54) is 45.4 Å². The molecule has 49 heavy (non-hydrogen) atoms. The number of sulfone groups is 1.